The van der Waals surface area contributed by atoms with Gasteiger partial charge < -0.3 is 5.32 Å². The Bertz CT molecular complexity index is 365. The summed E-state index contributed by atoms with van der Waals surface area (Å²) in [7, 11) is 0. The molecule has 0 radical (unpaired) electrons. The van der Waals surface area contributed by atoms with E-state index in [0.717, 1.165) is 10.0 Å². The Balaban J connectivity index is 2.69. The number of carbonyl (C=O) groups is 1. The lowest BCUT2D eigenvalue weighted by molar-refractivity contribution is -0.129. The SMILES string of the molecule is C[C@H](NC(=O)C(C)(C)C)c1ccc(Br)cc1. The number of hydrogen-bond acceptors (Lipinski definition) is 1. The molecule has 1 aromatic carbocycles. The molecule has 2 nitrogen and oxygen atoms in total. The first-order chi connectivity index (χ1) is 7.30. The standard InChI is InChI=1S/C13H18BrNO/c1-9(15-12(16)13(2,3)4)10-5-7-11(14)8-6-10/h5-9H,1-4H3,(H,15,16)/t9-/m0/s1. The zero-order chi connectivity index (χ0) is 12.3. The van der Waals surface area contributed by atoms with Gasteiger partial charge in [0, 0.05) is 9.89 Å². The zero-order valence-corrected chi connectivity index (χ0v) is 11.8. The van der Waals surface area contributed by atoms with Crippen molar-refractivity contribution in [1.29, 1.82) is 0 Å². The monoisotopic (exact) mass is 283 g/mol. The fraction of sp³-hybridized carbons (Fsp3) is 0.462. The Morgan fingerprint density at radius 2 is 1.75 bits per heavy atom. The van der Waals surface area contributed by atoms with Gasteiger partial charge in [-0.3, -0.25) is 4.79 Å². The highest BCUT2D eigenvalue weighted by molar-refractivity contribution is 9.10. The number of hydrogen-bond donors (Lipinski definition) is 1. The first-order valence-corrected chi connectivity index (χ1v) is 6.16. The second-order valence-corrected chi connectivity index (χ2v) is 5.91. The lowest BCUT2D eigenvalue weighted by atomic mass is 9.95. The fourth-order valence-corrected chi connectivity index (χ4v) is 1.51. The van der Waals surface area contributed by atoms with Crippen LogP contribution in [0.4, 0.5) is 0 Å². The summed E-state index contributed by atoms with van der Waals surface area (Å²) in [6, 6.07) is 8.03. The summed E-state index contributed by atoms with van der Waals surface area (Å²) >= 11 is 3.39. The molecule has 0 aliphatic rings. The summed E-state index contributed by atoms with van der Waals surface area (Å²) in [4.78, 5) is 11.8. The van der Waals surface area contributed by atoms with Crippen LogP contribution in [0.3, 0.4) is 0 Å². The molecule has 0 aliphatic carbocycles. The number of benzene rings is 1. The van der Waals surface area contributed by atoms with Crippen molar-refractivity contribution in [3.05, 3.63) is 34.3 Å². The third-order valence-corrected chi connectivity index (χ3v) is 2.93. The summed E-state index contributed by atoms with van der Waals surface area (Å²) in [6.07, 6.45) is 0. The highest BCUT2D eigenvalue weighted by atomic mass is 79.9. The van der Waals surface area contributed by atoms with E-state index in [2.05, 4.69) is 21.2 Å². The van der Waals surface area contributed by atoms with Gasteiger partial charge in [-0.2, -0.15) is 0 Å². The Morgan fingerprint density at radius 3 is 2.19 bits per heavy atom. The van der Waals surface area contributed by atoms with Gasteiger partial charge in [-0.05, 0) is 24.6 Å². The van der Waals surface area contributed by atoms with Gasteiger partial charge in [-0.25, -0.2) is 0 Å². The van der Waals surface area contributed by atoms with Crippen LogP contribution in [0.2, 0.25) is 0 Å². The van der Waals surface area contributed by atoms with E-state index in [4.69, 9.17) is 0 Å². The Kier molecular flexibility index (Phi) is 4.14. The molecular weight excluding hydrogens is 266 g/mol. The van der Waals surface area contributed by atoms with Crippen molar-refractivity contribution in [1.82, 2.24) is 5.32 Å². The maximum atomic E-state index is 11.8. The Labute approximate surface area is 106 Å². The minimum atomic E-state index is -0.344. The van der Waals surface area contributed by atoms with Gasteiger partial charge >= 0.3 is 0 Å². The van der Waals surface area contributed by atoms with Gasteiger partial charge in [0.25, 0.3) is 0 Å². The molecule has 0 aromatic heterocycles. The topological polar surface area (TPSA) is 29.1 Å². The lowest BCUT2D eigenvalue weighted by Crippen LogP contribution is -2.36. The molecule has 0 spiro atoms. The van der Waals surface area contributed by atoms with Gasteiger partial charge in [0.15, 0.2) is 0 Å². The highest BCUT2D eigenvalue weighted by Crippen LogP contribution is 2.19. The van der Waals surface area contributed by atoms with E-state index in [1.54, 1.807) is 0 Å². The van der Waals surface area contributed by atoms with E-state index in [1.165, 1.54) is 0 Å². The van der Waals surface area contributed by atoms with E-state index >= 15 is 0 Å². The first kappa shape index (κ1) is 13.2. The smallest absolute Gasteiger partial charge is 0.225 e. The van der Waals surface area contributed by atoms with Gasteiger partial charge in [0.05, 0.1) is 6.04 Å². The predicted molar refractivity (Wildman–Crippen MR) is 70.2 cm³/mol. The van der Waals surface area contributed by atoms with Crippen LogP contribution in [-0.2, 0) is 4.79 Å². The summed E-state index contributed by atoms with van der Waals surface area (Å²) in [5.41, 5.74) is 0.768. The minimum Gasteiger partial charge on any atom is -0.349 e. The van der Waals surface area contributed by atoms with Gasteiger partial charge in [0.1, 0.15) is 0 Å². The minimum absolute atomic E-state index is 0.0415. The Morgan fingerprint density at radius 1 is 1.25 bits per heavy atom. The van der Waals surface area contributed by atoms with E-state index in [0.29, 0.717) is 0 Å². The number of rotatable bonds is 2. The normalized spacial score (nSPS) is 13.3. The molecule has 16 heavy (non-hydrogen) atoms. The van der Waals surface area contributed by atoms with Gasteiger partial charge in [-0.15, -0.1) is 0 Å². The molecule has 0 bridgehead atoms. The van der Waals surface area contributed by atoms with E-state index in [9.17, 15) is 4.79 Å². The molecule has 88 valence electrons. The molecule has 0 heterocycles. The Hall–Kier alpha value is -0.830. The molecule has 1 aromatic rings. The lowest BCUT2D eigenvalue weighted by Gasteiger charge is -2.22. The second kappa shape index (κ2) is 5.00. The van der Waals surface area contributed by atoms with E-state index < -0.39 is 0 Å². The second-order valence-electron chi connectivity index (χ2n) is 5.00. The maximum Gasteiger partial charge on any atom is 0.225 e. The molecule has 0 saturated carbocycles. The van der Waals surface area contributed by atoms with Crippen molar-refractivity contribution < 1.29 is 4.79 Å². The average molecular weight is 284 g/mol. The van der Waals surface area contributed by atoms with Gasteiger partial charge in [0.2, 0.25) is 5.91 Å². The van der Waals surface area contributed by atoms with Crippen LogP contribution in [0, 0.1) is 5.41 Å². The van der Waals surface area contributed by atoms with Crippen LogP contribution < -0.4 is 5.32 Å². The van der Waals surface area contributed by atoms with Crippen LogP contribution in [-0.4, -0.2) is 5.91 Å². The number of halogens is 1. The molecule has 1 amide bonds. The molecule has 3 heteroatoms. The van der Waals surface area contributed by atoms with Crippen molar-refractivity contribution in [2.45, 2.75) is 33.7 Å². The van der Waals surface area contributed by atoms with Crippen molar-refractivity contribution in [2.75, 3.05) is 0 Å². The summed E-state index contributed by atoms with van der Waals surface area (Å²) < 4.78 is 1.05. The predicted octanol–water partition coefficient (Wildman–Crippen LogP) is 3.67. The highest BCUT2D eigenvalue weighted by Gasteiger charge is 2.22. The third kappa shape index (κ3) is 3.63. The quantitative estimate of drug-likeness (QED) is 0.882. The van der Waals surface area contributed by atoms with E-state index in [1.807, 2.05) is 52.0 Å². The van der Waals surface area contributed by atoms with Crippen LogP contribution >= 0.6 is 15.9 Å². The molecule has 0 fully saturated rings. The molecular formula is C13H18BrNO. The van der Waals surface area contributed by atoms with Crippen LogP contribution in [0.1, 0.15) is 39.3 Å². The largest absolute Gasteiger partial charge is 0.349 e. The van der Waals surface area contributed by atoms with Gasteiger partial charge in [-0.1, -0.05) is 48.8 Å². The van der Waals surface area contributed by atoms with Crippen LogP contribution in [0.15, 0.2) is 28.7 Å². The fourth-order valence-electron chi connectivity index (χ4n) is 1.25. The molecule has 0 aliphatic heterocycles. The third-order valence-electron chi connectivity index (χ3n) is 2.40. The molecule has 1 rings (SSSR count). The van der Waals surface area contributed by atoms with Crippen LogP contribution in [0.25, 0.3) is 0 Å². The molecule has 0 unspecified atom stereocenters. The molecule has 1 N–H and O–H groups in total. The molecule has 0 saturated heterocycles. The summed E-state index contributed by atoms with van der Waals surface area (Å²) in [5.74, 6) is 0.0721. The number of carbonyl (C=O) groups excluding carboxylic acids is 1. The van der Waals surface area contributed by atoms with Crippen molar-refractivity contribution >= 4 is 21.8 Å². The summed E-state index contributed by atoms with van der Waals surface area (Å²) in [6.45, 7) is 7.73. The number of amides is 1. The molecule has 1 atom stereocenters. The van der Waals surface area contributed by atoms with E-state index in [-0.39, 0.29) is 17.4 Å². The van der Waals surface area contributed by atoms with Crippen molar-refractivity contribution in [3.8, 4) is 0 Å². The average Bonchev–Trinajstić information content (AvgIpc) is 2.17. The summed E-state index contributed by atoms with van der Waals surface area (Å²) in [5, 5.41) is 3.00. The van der Waals surface area contributed by atoms with Crippen LogP contribution in [0.5, 0.6) is 0 Å². The number of nitrogens with one attached hydrogen (secondary N) is 1. The van der Waals surface area contributed by atoms with Crippen molar-refractivity contribution in [2.24, 2.45) is 5.41 Å². The first-order valence-electron chi connectivity index (χ1n) is 5.37. The maximum absolute atomic E-state index is 11.8. The zero-order valence-electron chi connectivity index (χ0n) is 10.2. The van der Waals surface area contributed by atoms with Crippen molar-refractivity contribution in [3.63, 3.8) is 0 Å².